The van der Waals surface area contributed by atoms with Crippen LogP contribution < -0.4 is 27.4 Å². The number of unbranched alkanes of at least 4 members (excludes halogenated alkanes) is 1. The van der Waals surface area contributed by atoms with Gasteiger partial charge in [0, 0.05) is 12.2 Å². The van der Waals surface area contributed by atoms with Crippen LogP contribution in [-0.2, 0) is 24.0 Å². The summed E-state index contributed by atoms with van der Waals surface area (Å²) in [4.78, 5) is 58.0. The van der Waals surface area contributed by atoms with Gasteiger partial charge in [-0.1, -0.05) is 6.42 Å². The summed E-state index contributed by atoms with van der Waals surface area (Å²) in [5.41, 5.74) is 11.2. The van der Waals surface area contributed by atoms with Crippen molar-refractivity contribution < 1.29 is 34.2 Å². The lowest BCUT2D eigenvalue weighted by atomic mass is 10.1. The smallest absolute Gasteiger partial charge is 0.322 e. The molecule has 0 aliphatic rings. The van der Waals surface area contributed by atoms with Crippen molar-refractivity contribution in [3.63, 3.8) is 0 Å². The van der Waals surface area contributed by atoms with E-state index in [0.717, 1.165) is 0 Å². The maximum Gasteiger partial charge on any atom is 0.322 e. The zero-order valence-corrected chi connectivity index (χ0v) is 16.8. The minimum absolute atomic E-state index is 0.143. The van der Waals surface area contributed by atoms with E-state index in [1.807, 2.05) is 0 Å². The number of carbonyl (C=O) groups excluding carboxylic acids is 3. The molecule has 0 heterocycles. The van der Waals surface area contributed by atoms with Crippen molar-refractivity contribution in [3.8, 4) is 0 Å². The zero-order valence-electron chi connectivity index (χ0n) is 15.9. The van der Waals surface area contributed by atoms with Gasteiger partial charge in [0.2, 0.25) is 17.7 Å². The van der Waals surface area contributed by atoms with Crippen LogP contribution in [-0.4, -0.2) is 76.8 Å². The first-order valence-electron chi connectivity index (χ1n) is 9.00. The van der Waals surface area contributed by atoms with Gasteiger partial charge in [0.15, 0.2) is 0 Å². The number of hydrogen-bond donors (Lipinski definition) is 8. The topological polar surface area (TPSA) is 214 Å². The number of carboxylic acids is 2. The molecule has 9 N–H and O–H groups in total. The summed E-state index contributed by atoms with van der Waals surface area (Å²) >= 11 is 3.94. The lowest BCUT2D eigenvalue weighted by Crippen LogP contribution is -2.56. The molecule has 0 saturated heterocycles. The van der Waals surface area contributed by atoms with Gasteiger partial charge in [-0.2, -0.15) is 12.6 Å². The third-order valence-corrected chi connectivity index (χ3v) is 4.18. The second kappa shape index (κ2) is 14.6. The first kappa shape index (κ1) is 26.6. The predicted molar refractivity (Wildman–Crippen MR) is 106 cm³/mol. The SMILES string of the molecule is NCCCC[C@H](N)C(=O)N[C@@H](CCC(=O)O)C(=O)N[C@@H](CS)C(=O)NCC(=O)O. The van der Waals surface area contributed by atoms with Crippen molar-refractivity contribution in [2.45, 2.75) is 50.2 Å². The first-order chi connectivity index (χ1) is 13.6. The molecule has 0 saturated carbocycles. The number of amides is 3. The molecule has 0 unspecified atom stereocenters. The second-order valence-electron chi connectivity index (χ2n) is 6.24. The number of nitrogens with one attached hydrogen (secondary N) is 3. The normalized spacial score (nSPS) is 13.6. The molecule has 0 bridgehead atoms. The Morgan fingerprint density at radius 3 is 2.00 bits per heavy atom. The molecule has 0 aliphatic heterocycles. The van der Waals surface area contributed by atoms with Gasteiger partial charge in [0.25, 0.3) is 0 Å². The maximum absolute atomic E-state index is 12.5. The van der Waals surface area contributed by atoms with E-state index in [1.165, 1.54) is 0 Å². The number of rotatable bonds is 15. The van der Waals surface area contributed by atoms with Crippen LogP contribution in [0.4, 0.5) is 0 Å². The molecule has 29 heavy (non-hydrogen) atoms. The van der Waals surface area contributed by atoms with E-state index in [1.54, 1.807) is 0 Å². The first-order valence-corrected chi connectivity index (χ1v) is 9.64. The van der Waals surface area contributed by atoms with Crippen LogP contribution in [0.3, 0.4) is 0 Å². The van der Waals surface area contributed by atoms with Crippen molar-refractivity contribution in [1.29, 1.82) is 0 Å². The standard InChI is InChI=1S/C16H29N5O7S/c17-6-2-1-3-9(18)14(26)20-10(4-5-12(22)23)16(28)21-11(8-29)15(27)19-7-13(24)25/h9-11,29H,1-8,17-18H2,(H,19,27)(H,20,26)(H,21,28)(H,22,23)(H,24,25)/t9-,10-,11-/m0/s1. The van der Waals surface area contributed by atoms with Crippen LogP contribution in [0.15, 0.2) is 0 Å². The van der Waals surface area contributed by atoms with E-state index >= 15 is 0 Å². The number of carbonyl (C=O) groups is 5. The van der Waals surface area contributed by atoms with E-state index in [0.29, 0.717) is 25.8 Å². The number of thiol groups is 1. The van der Waals surface area contributed by atoms with E-state index < -0.39 is 60.8 Å². The summed E-state index contributed by atoms with van der Waals surface area (Å²) in [6.45, 7) is -0.192. The van der Waals surface area contributed by atoms with Crippen LogP contribution in [0, 0.1) is 0 Å². The van der Waals surface area contributed by atoms with Gasteiger partial charge in [-0.25, -0.2) is 0 Å². The Morgan fingerprint density at radius 2 is 1.48 bits per heavy atom. The molecular formula is C16H29N5O7S. The Kier molecular flexibility index (Phi) is 13.4. The maximum atomic E-state index is 12.5. The van der Waals surface area contributed by atoms with Crippen LogP contribution >= 0.6 is 12.6 Å². The lowest BCUT2D eigenvalue weighted by Gasteiger charge is -2.23. The Labute approximate surface area is 173 Å². The molecule has 0 rings (SSSR count). The quantitative estimate of drug-likeness (QED) is 0.0998. The van der Waals surface area contributed by atoms with E-state index in [-0.39, 0.29) is 12.2 Å². The van der Waals surface area contributed by atoms with Crippen molar-refractivity contribution in [1.82, 2.24) is 16.0 Å². The van der Waals surface area contributed by atoms with Gasteiger partial charge in [-0.05, 0) is 25.8 Å². The molecule has 166 valence electrons. The van der Waals surface area contributed by atoms with Gasteiger partial charge < -0.3 is 37.6 Å². The summed E-state index contributed by atoms with van der Waals surface area (Å²) in [6, 6.07) is -3.32. The number of carboxylic acid groups (broad SMARTS) is 2. The second-order valence-corrected chi connectivity index (χ2v) is 6.60. The number of hydrogen-bond acceptors (Lipinski definition) is 8. The summed E-state index contributed by atoms with van der Waals surface area (Å²) in [5, 5.41) is 24.3. The van der Waals surface area contributed by atoms with E-state index in [9.17, 15) is 24.0 Å². The lowest BCUT2D eigenvalue weighted by molar-refractivity contribution is -0.138. The molecular weight excluding hydrogens is 406 g/mol. The average Bonchev–Trinajstić information content (AvgIpc) is 2.66. The van der Waals surface area contributed by atoms with Gasteiger partial charge in [-0.15, -0.1) is 0 Å². The molecule has 0 fully saturated rings. The average molecular weight is 436 g/mol. The third kappa shape index (κ3) is 11.9. The highest BCUT2D eigenvalue weighted by atomic mass is 32.1. The third-order valence-electron chi connectivity index (χ3n) is 3.82. The van der Waals surface area contributed by atoms with Crippen molar-refractivity contribution in [2.24, 2.45) is 11.5 Å². The molecule has 12 nitrogen and oxygen atoms in total. The molecule has 0 spiro atoms. The molecule has 0 radical (unpaired) electrons. The van der Waals surface area contributed by atoms with Crippen molar-refractivity contribution >= 4 is 42.3 Å². The fourth-order valence-corrected chi connectivity index (χ4v) is 2.46. The fraction of sp³-hybridized carbons (Fsp3) is 0.688. The minimum Gasteiger partial charge on any atom is -0.481 e. The summed E-state index contributed by atoms with van der Waals surface area (Å²) in [5.74, 6) is -4.80. The highest BCUT2D eigenvalue weighted by Crippen LogP contribution is 2.03. The van der Waals surface area contributed by atoms with E-state index in [4.69, 9.17) is 21.7 Å². The molecule has 0 aliphatic carbocycles. The summed E-state index contributed by atoms with van der Waals surface area (Å²) in [7, 11) is 0. The Hall–Kier alpha value is -2.38. The fourth-order valence-electron chi connectivity index (χ4n) is 2.21. The Morgan fingerprint density at radius 1 is 0.862 bits per heavy atom. The number of aliphatic carboxylic acids is 2. The van der Waals surface area contributed by atoms with Crippen molar-refractivity contribution in [3.05, 3.63) is 0 Å². The molecule has 3 atom stereocenters. The van der Waals surface area contributed by atoms with Crippen LogP contribution in [0.25, 0.3) is 0 Å². The van der Waals surface area contributed by atoms with Gasteiger partial charge >= 0.3 is 11.9 Å². The molecule has 13 heteroatoms. The number of nitrogens with two attached hydrogens (primary N) is 2. The zero-order chi connectivity index (χ0) is 22.4. The van der Waals surface area contributed by atoms with Gasteiger partial charge in [-0.3, -0.25) is 24.0 Å². The summed E-state index contributed by atoms with van der Waals surface area (Å²) < 4.78 is 0. The molecule has 0 aromatic heterocycles. The van der Waals surface area contributed by atoms with Crippen LogP contribution in [0.2, 0.25) is 0 Å². The monoisotopic (exact) mass is 435 g/mol. The van der Waals surface area contributed by atoms with Crippen molar-refractivity contribution in [2.75, 3.05) is 18.8 Å². The van der Waals surface area contributed by atoms with E-state index in [2.05, 4.69) is 28.6 Å². The molecule has 0 aromatic rings. The Bertz CT molecular complexity index is 590. The van der Waals surface area contributed by atoms with Crippen LogP contribution in [0.1, 0.15) is 32.1 Å². The summed E-state index contributed by atoms with van der Waals surface area (Å²) in [6.07, 6.45) is 1.00. The van der Waals surface area contributed by atoms with Crippen LogP contribution in [0.5, 0.6) is 0 Å². The highest BCUT2D eigenvalue weighted by Gasteiger charge is 2.28. The largest absolute Gasteiger partial charge is 0.481 e. The minimum atomic E-state index is -1.27. The van der Waals surface area contributed by atoms with Gasteiger partial charge in [0.1, 0.15) is 18.6 Å². The molecule has 3 amide bonds. The molecule has 0 aromatic carbocycles. The van der Waals surface area contributed by atoms with Gasteiger partial charge in [0.05, 0.1) is 6.04 Å². The highest BCUT2D eigenvalue weighted by molar-refractivity contribution is 7.80. The Balaban J connectivity index is 5.00. The predicted octanol–water partition coefficient (Wildman–Crippen LogP) is -2.59.